The number of rotatable bonds is 5. The van der Waals surface area contributed by atoms with Crippen molar-refractivity contribution < 1.29 is 14.6 Å². The molecule has 2 saturated heterocycles. The summed E-state index contributed by atoms with van der Waals surface area (Å²) in [6.45, 7) is 10.3. The molecule has 39 heavy (non-hydrogen) atoms. The molecule has 4 heterocycles. The molecule has 1 aromatic carbocycles. The standard InChI is InChI=1S/C30H40N6O3/c1-30(2,3)39-29(38)35-14-12-34(13-15-35)28-9-6-22(18-31-28)25-17-27(36-11-10-21(19-36)20-37)24-8-7-23(33(4)5)16-26(24)32-25/h6-9,16-18,21,37H,10-15,19-20H2,1-5H3. The second-order valence-electron chi connectivity index (χ2n) is 11.8. The zero-order valence-corrected chi connectivity index (χ0v) is 23.7. The molecule has 2 aromatic heterocycles. The van der Waals surface area contributed by atoms with E-state index in [4.69, 9.17) is 14.7 Å². The van der Waals surface area contributed by atoms with Gasteiger partial charge in [0.25, 0.3) is 0 Å². The van der Waals surface area contributed by atoms with E-state index in [2.05, 4.69) is 45.0 Å². The third-order valence-electron chi connectivity index (χ3n) is 7.47. The Morgan fingerprint density at radius 2 is 1.82 bits per heavy atom. The SMILES string of the molecule is CN(C)c1ccc2c(N3CCC(CO)C3)cc(-c3ccc(N4CCN(C(=O)OC(C)(C)C)CC4)nc3)nc2c1. The molecule has 1 amide bonds. The van der Waals surface area contributed by atoms with Crippen LogP contribution in [0.3, 0.4) is 0 Å². The molecule has 9 nitrogen and oxygen atoms in total. The summed E-state index contributed by atoms with van der Waals surface area (Å²) < 4.78 is 5.52. The van der Waals surface area contributed by atoms with Gasteiger partial charge in [-0.1, -0.05) is 0 Å². The lowest BCUT2D eigenvalue weighted by Gasteiger charge is -2.36. The number of benzene rings is 1. The Hall–Kier alpha value is -3.59. The Balaban J connectivity index is 1.37. The number of pyridine rings is 2. The van der Waals surface area contributed by atoms with E-state index in [-0.39, 0.29) is 12.7 Å². The minimum absolute atomic E-state index is 0.217. The minimum atomic E-state index is -0.494. The van der Waals surface area contributed by atoms with Crippen LogP contribution in [0.4, 0.5) is 22.0 Å². The zero-order valence-electron chi connectivity index (χ0n) is 23.7. The number of carbonyl (C=O) groups excluding carboxylic acids is 1. The summed E-state index contributed by atoms with van der Waals surface area (Å²) in [6, 6.07) is 12.7. The first-order valence-electron chi connectivity index (χ1n) is 13.8. The van der Waals surface area contributed by atoms with Crippen molar-refractivity contribution in [1.82, 2.24) is 14.9 Å². The van der Waals surface area contributed by atoms with E-state index in [1.54, 1.807) is 4.90 Å². The number of carbonyl (C=O) groups is 1. The van der Waals surface area contributed by atoms with Gasteiger partial charge in [-0.25, -0.2) is 14.8 Å². The minimum Gasteiger partial charge on any atom is -0.444 e. The van der Waals surface area contributed by atoms with Gasteiger partial charge in [-0.05, 0) is 63.6 Å². The van der Waals surface area contributed by atoms with Gasteiger partial charge in [-0.15, -0.1) is 0 Å². The molecule has 3 aromatic rings. The number of hydrogen-bond acceptors (Lipinski definition) is 8. The van der Waals surface area contributed by atoms with E-state index in [1.807, 2.05) is 47.1 Å². The summed E-state index contributed by atoms with van der Waals surface area (Å²) in [5.74, 6) is 1.19. The Bertz CT molecular complexity index is 1310. The lowest BCUT2D eigenvalue weighted by Crippen LogP contribution is -2.50. The van der Waals surface area contributed by atoms with E-state index >= 15 is 0 Å². The number of nitrogens with zero attached hydrogens (tertiary/aromatic N) is 6. The molecule has 2 aliphatic rings. The highest BCUT2D eigenvalue weighted by atomic mass is 16.6. The predicted octanol–water partition coefficient (Wildman–Crippen LogP) is 4.24. The van der Waals surface area contributed by atoms with Gasteiger partial charge in [-0.3, -0.25) is 0 Å². The number of aromatic nitrogens is 2. The third-order valence-corrected chi connectivity index (χ3v) is 7.47. The first-order valence-corrected chi connectivity index (χ1v) is 13.8. The summed E-state index contributed by atoms with van der Waals surface area (Å²) in [5.41, 5.74) is 4.55. The average Bonchev–Trinajstić information content (AvgIpc) is 3.40. The second-order valence-corrected chi connectivity index (χ2v) is 11.8. The fourth-order valence-electron chi connectivity index (χ4n) is 5.26. The van der Waals surface area contributed by atoms with Gasteiger partial charge in [0.15, 0.2) is 0 Å². The van der Waals surface area contributed by atoms with E-state index in [1.165, 1.54) is 0 Å². The van der Waals surface area contributed by atoms with Crippen molar-refractivity contribution in [3.63, 3.8) is 0 Å². The highest BCUT2D eigenvalue weighted by Gasteiger charge is 2.27. The van der Waals surface area contributed by atoms with Crippen molar-refractivity contribution in [2.75, 3.05) is 74.7 Å². The molecule has 208 valence electrons. The van der Waals surface area contributed by atoms with Crippen LogP contribution in [0.2, 0.25) is 0 Å². The average molecular weight is 533 g/mol. The van der Waals surface area contributed by atoms with Gasteiger partial charge in [-0.2, -0.15) is 0 Å². The maximum absolute atomic E-state index is 12.4. The molecular weight excluding hydrogens is 492 g/mol. The fraction of sp³-hybridized carbons (Fsp3) is 0.500. The van der Waals surface area contributed by atoms with Crippen molar-refractivity contribution in [2.24, 2.45) is 5.92 Å². The Kier molecular flexibility index (Phi) is 7.53. The smallest absolute Gasteiger partial charge is 0.410 e. The first-order chi connectivity index (χ1) is 18.6. The highest BCUT2D eigenvalue weighted by Crippen LogP contribution is 2.35. The van der Waals surface area contributed by atoms with Crippen LogP contribution >= 0.6 is 0 Å². The molecule has 0 radical (unpaired) electrons. The molecule has 2 fully saturated rings. The first kappa shape index (κ1) is 27.0. The monoisotopic (exact) mass is 532 g/mol. The predicted molar refractivity (Wildman–Crippen MR) is 157 cm³/mol. The topological polar surface area (TPSA) is 85.3 Å². The van der Waals surface area contributed by atoms with Gasteiger partial charge in [0.1, 0.15) is 11.4 Å². The largest absolute Gasteiger partial charge is 0.444 e. The lowest BCUT2D eigenvalue weighted by atomic mass is 10.1. The number of ether oxygens (including phenoxy) is 1. The Morgan fingerprint density at radius 1 is 1.05 bits per heavy atom. The number of aliphatic hydroxyl groups excluding tert-OH is 1. The molecule has 0 bridgehead atoms. The molecule has 1 unspecified atom stereocenters. The van der Waals surface area contributed by atoms with Crippen LogP contribution in [0, 0.1) is 5.92 Å². The second kappa shape index (κ2) is 10.9. The third kappa shape index (κ3) is 6.03. The van der Waals surface area contributed by atoms with E-state index in [0.29, 0.717) is 32.1 Å². The number of amides is 1. The van der Waals surface area contributed by atoms with E-state index < -0.39 is 5.60 Å². The quantitative estimate of drug-likeness (QED) is 0.523. The molecule has 9 heteroatoms. The van der Waals surface area contributed by atoms with Crippen molar-refractivity contribution >= 4 is 34.2 Å². The van der Waals surface area contributed by atoms with Crippen molar-refractivity contribution in [3.05, 3.63) is 42.6 Å². The number of piperazine rings is 1. The van der Waals surface area contributed by atoms with Gasteiger partial charge in [0.2, 0.25) is 0 Å². The highest BCUT2D eigenvalue weighted by molar-refractivity contribution is 5.96. The molecule has 0 saturated carbocycles. The van der Waals surface area contributed by atoms with Gasteiger partial charge >= 0.3 is 6.09 Å². The maximum atomic E-state index is 12.4. The van der Waals surface area contributed by atoms with E-state index in [9.17, 15) is 9.90 Å². The normalized spacial score (nSPS) is 18.1. The van der Waals surface area contributed by atoms with Crippen LogP contribution in [0.15, 0.2) is 42.6 Å². The molecule has 1 N–H and O–H groups in total. The molecule has 5 rings (SSSR count). The Labute approximate surface area is 231 Å². The lowest BCUT2D eigenvalue weighted by molar-refractivity contribution is 0.0240. The number of hydrogen-bond donors (Lipinski definition) is 1. The maximum Gasteiger partial charge on any atom is 0.410 e. The van der Waals surface area contributed by atoms with Gasteiger partial charge in [0.05, 0.1) is 11.2 Å². The molecule has 0 spiro atoms. The van der Waals surface area contributed by atoms with Crippen LogP contribution in [0.5, 0.6) is 0 Å². The summed E-state index contributed by atoms with van der Waals surface area (Å²) in [4.78, 5) is 30.7. The van der Waals surface area contributed by atoms with Crippen LogP contribution < -0.4 is 14.7 Å². The molecule has 1 atom stereocenters. The Morgan fingerprint density at radius 3 is 2.44 bits per heavy atom. The summed E-state index contributed by atoms with van der Waals surface area (Å²) in [5, 5.41) is 10.8. The van der Waals surface area contributed by atoms with E-state index in [0.717, 1.165) is 58.9 Å². The van der Waals surface area contributed by atoms with Crippen molar-refractivity contribution in [3.8, 4) is 11.3 Å². The van der Waals surface area contributed by atoms with Crippen LogP contribution in [0.25, 0.3) is 22.2 Å². The number of fused-ring (bicyclic) bond motifs is 1. The number of aliphatic hydroxyl groups is 1. The fourth-order valence-corrected chi connectivity index (χ4v) is 5.26. The zero-order chi connectivity index (χ0) is 27.7. The van der Waals surface area contributed by atoms with Crippen LogP contribution in [-0.4, -0.2) is 91.6 Å². The molecule has 2 aliphatic heterocycles. The summed E-state index contributed by atoms with van der Waals surface area (Å²) in [6.07, 6.45) is 2.62. The van der Waals surface area contributed by atoms with Crippen molar-refractivity contribution in [2.45, 2.75) is 32.8 Å². The summed E-state index contributed by atoms with van der Waals surface area (Å²) in [7, 11) is 4.07. The molecule has 0 aliphatic carbocycles. The van der Waals surface area contributed by atoms with Crippen LogP contribution in [0.1, 0.15) is 27.2 Å². The van der Waals surface area contributed by atoms with Gasteiger partial charge < -0.3 is 29.4 Å². The van der Waals surface area contributed by atoms with Crippen LogP contribution in [-0.2, 0) is 4.74 Å². The van der Waals surface area contributed by atoms with Gasteiger partial charge in [0, 0.05) is 94.4 Å². The number of anilines is 3. The van der Waals surface area contributed by atoms with Crippen molar-refractivity contribution in [1.29, 1.82) is 0 Å². The summed E-state index contributed by atoms with van der Waals surface area (Å²) >= 11 is 0. The molecular formula is C30H40N6O3.